The summed E-state index contributed by atoms with van der Waals surface area (Å²) >= 11 is 5.88. The smallest absolute Gasteiger partial charge is 0.252 e. The number of nitrogens with zero attached hydrogens (tertiary/aromatic N) is 2. The molecule has 3 N–H and O–H groups in total. The summed E-state index contributed by atoms with van der Waals surface area (Å²) in [5.41, 5.74) is 8.00. The van der Waals surface area contributed by atoms with E-state index in [1.54, 1.807) is 6.07 Å². The molecule has 104 valence electrons. The van der Waals surface area contributed by atoms with Crippen LogP contribution in [0.15, 0.2) is 36.5 Å². The van der Waals surface area contributed by atoms with E-state index in [1.165, 1.54) is 6.20 Å². The lowest BCUT2D eigenvalue weighted by Gasteiger charge is -2.19. The monoisotopic (exact) mass is 290 g/mol. The summed E-state index contributed by atoms with van der Waals surface area (Å²) in [6.07, 6.45) is 1.37. The number of nitrogens with one attached hydrogen (secondary N) is 1. The number of anilines is 3. The van der Waals surface area contributed by atoms with E-state index in [9.17, 15) is 4.79 Å². The number of halogens is 1. The molecule has 20 heavy (non-hydrogen) atoms. The predicted molar refractivity (Wildman–Crippen MR) is 81.8 cm³/mol. The highest BCUT2D eigenvalue weighted by Gasteiger charge is 2.12. The van der Waals surface area contributed by atoms with Gasteiger partial charge in [0.25, 0.3) is 5.91 Å². The first-order chi connectivity index (χ1) is 9.49. The van der Waals surface area contributed by atoms with Crippen LogP contribution in [0.25, 0.3) is 0 Å². The number of amides is 1. The van der Waals surface area contributed by atoms with Gasteiger partial charge in [-0.2, -0.15) is 0 Å². The van der Waals surface area contributed by atoms with Crippen LogP contribution >= 0.6 is 11.6 Å². The molecule has 0 radical (unpaired) electrons. The Balaban J connectivity index is 2.45. The Hall–Kier alpha value is -2.27. The van der Waals surface area contributed by atoms with Crippen molar-refractivity contribution in [2.75, 3.05) is 24.3 Å². The van der Waals surface area contributed by atoms with Crippen LogP contribution in [-0.4, -0.2) is 25.0 Å². The Morgan fingerprint density at radius 3 is 2.65 bits per heavy atom. The fraction of sp³-hybridized carbons (Fsp3) is 0.143. The van der Waals surface area contributed by atoms with Gasteiger partial charge < -0.3 is 16.0 Å². The molecule has 1 aromatic carbocycles. The van der Waals surface area contributed by atoms with E-state index < -0.39 is 5.91 Å². The number of nitrogens with two attached hydrogens (primary N) is 1. The Labute approximate surface area is 122 Å². The number of pyridine rings is 1. The highest BCUT2D eigenvalue weighted by molar-refractivity contribution is 6.29. The van der Waals surface area contributed by atoms with Crippen molar-refractivity contribution in [1.82, 2.24) is 4.98 Å². The number of hydrogen-bond acceptors (Lipinski definition) is 4. The van der Waals surface area contributed by atoms with Gasteiger partial charge in [0.2, 0.25) is 0 Å². The third kappa shape index (κ3) is 3.00. The highest BCUT2D eigenvalue weighted by atomic mass is 35.5. The molecule has 0 fully saturated rings. The summed E-state index contributed by atoms with van der Waals surface area (Å²) in [5, 5.41) is 3.47. The molecule has 1 aromatic heterocycles. The summed E-state index contributed by atoms with van der Waals surface area (Å²) in [7, 11) is 3.88. The molecule has 0 spiro atoms. The zero-order valence-electron chi connectivity index (χ0n) is 11.2. The van der Waals surface area contributed by atoms with E-state index in [2.05, 4.69) is 10.3 Å². The molecular weight excluding hydrogens is 276 g/mol. The Morgan fingerprint density at radius 2 is 2.00 bits per heavy atom. The summed E-state index contributed by atoms with van der Waals surface area (Å²) in [6.45, 7) is 0. The molecule has 0 saturated heterocycles. The molecule has 1 heterocycles. The maximum Gasteiger partial charge on any atom is 0.252 e. The van der Waals surface area contributed by atoms with Gasteiger partial charge in [0.1, 0.15) is 5.15 Å². The molecule has 2 rings (SSSR count). The van der Waals surface area contributed by atoms with Crippen LogP contribution < -0.4 is 16.0 Å². The first kappa shape index (κ1) is 14.1. The molecule has 0 unspecified atom stereocenters. The van der Waals surface area contributed by atoms with Crippen molar-refractivity contribution in [2.45, 2.75) is 0 Å². The molecule has 0 aliphatic carbocycles. The fourth-order valence-electron chi connectivity index (χ4n) is 1.84. The Bertz CT molecular complexity index is 643. The molecule has 2 aromatic rings. The molecule has 5 nitrogen and oxygen atoms in total. The zero-order valence-corrected chi connectivity index (χ0v) is 12.0. The van der Waals surface area contributed by atoms with Gasteiger partial charge in [0.05, 0.1) is 22.6 Å². The number of para-hydroxylation sites is 2. The first-order valence-corrected chi connectivity index (χ1v) is 6.35. The molecule has 0 aliphatic rings. The molecule has 0 bridgehead atoms. The molecular formula is C14H15ClN4O. The molecule has 6 heteroatoms. The first-order valence-electron chi connectivity index (χ1n) is 5.97. The van der Waals surface area contributed by atoms with Crippen LogP contribution in [0.4, 0.5) is 17.1 Å². The van der Waals surface area contributed by atoms with Gasteiger partial charge in [0, 0.05) is 20.3 Å². The number of hydrogen-bond donors (Lipinski definition) is 2. The third-order valence-electron chi connectivity index (χ3n) is 2.79. The second-order valence-corrected chi connectivity index (χ2v) is 4.84. The maximum absolute atomic E-state index is 11.4. The molecule has 1 amide bonds. The van der Waals surface area contributed by atoms with Crippen molar-refractivity contribution >= 4 is 34.6 Å². The number of aromatic nitrogens is 1. The minimum absolute atomic E-state index is 0.292. The predicted octanol–water partition coefficient (Wildman–Crippen LogP) is 2.64. The van der Waals surface area contributed by atoms with E-state index in [0.29, 0.717) is 16.4 Å². The molecule has 0 atom stereocenters. The van der Waals surface area contributed by atoms with Crippen molar-refractivity contribution in [3.63, 3.8) is 0 Å². The van der Waals surface area contributed by atoms with Crippen molar-refractivity contribution in [1.29, 1.82) is 0 Å². The van der Waals surface area contributed by atoms with Crippen LogP contribution in [0.5, 0.6) is 0 Å². The lowest BCUT2D eigenvalue weighted by Crippen LogP contribution is -2.15. The van der Waals surface area contributed by atoms with Gasteiger partial charge >= 0.3 is 0 Å². The summed E-state index contributed by atoms with van der Waals surface area (Å²) in [6, 6.07) is 9.30. The topological polar surface area (TPSA) is 71.2 Å². The number of primary amides is 1. The second kappa shape index (κ2) is 5.79. The van der Waals surface area contributed by atoms with E-state index >= 15 is 0 Å². The zero-order chi connectivity index (χ0) is 14.7. The average Bonchev–Trinajstić information content (AvgIpc) is 2.38. The second-order valence-electron chi connectivity index (χ2n) is 4.45. The highest BCUT2D eigenvalue weighted by Crippen LogP contribution is 2.29. The van der Waals surface area contributed by atoms with Crippen LogP contribution in [0.2, 0.25) is 5.15 Å². The van der Waals surface area contributed by atoms with Gasteiger partial charge in [-0.25, -0.2) is 4.98 Å². The normalized spacial score (nSPS) is 10.2. The van der Waals surface area contributed by atoms with Gasteiger partial charge in [0.15, 0.2) is 0 Å². The van der Waals surface area contributed by atoms with E-state index in [4.69, 9.17) is 17.3 Å². The lowest BCUT2D eigenvalue weighted by atomic mass is 10.2. The van der Waals surface area contributed by atoms with Crippen LogP contribution in [0.3, 0.4) is 0 Å². The van der Waals surface area contributed by atoms with Gasteiger partial charge in [-0.15, -0.1) is 0 Å². The van der Waals surface area contributed by atoms with E-state index in [1.807, 2.05) is 43.3 Å². The number of benzene rings is 1. The SMILES string of the molecule is CN(C)c1ccccc1Nc1cc(Cl)ncc1C(N)=O. The number of carbonyl (C=O) groups excluding carboxylic acids is 1. The van der Waals surface area contributed by atoms with Crippen LogP contribution in [0.1, 0.15) is 10.4 Å². The fourth-order valence-corrected chi connectivity index (χ4v) is 2.00. The number of rotatable bonds is 4. The number of carbonyl (C=O) groups is 1. The van der Waals surface area contributed by atoms with Crippen molar-refractivity contribution in [3.05, 3.63) is 47.2 Å². The molecule has 0 aliphatic heterocycles. The van der Waals surface area contributed by atoms with Crippen LogP contribution in [-0.2, 0) is 0 Å². The quantitative estimate of drug-likeness (QED) is 0.849. The largest absolute Gasteiger partial charge is 0.376 e. The summed E-state index contributed by atoms with van der Waals surface area (Å²) < 4.78 is 0. The van der Waals surface area contributed by atoms with Crippen molar-refractivity contribution < 1.29 is 4.79 Å². The van der Waals surface area contributed by atoms with Crippen LogP contribution in [0, 0.1) is 0 Å². The molecule has 0 saturated carbocycles. The average molecular weight is 291 g/mol. The van der Waals surface area contributed by atoms with Gasteiger partial charge in [-0.1, -0.05) is 23.7 Å². The minimum Gasteiger partial charge on any atom is -0.376 e. The third-order valence-corrected chi connectivity index (χ3v) is 3.00. The summed E-state index contributed by atoms with van der Waals surface area (Å²) in [5.74, 6) is -0.556. The Kier molecular flexibility index (Phi) is 4.10. The van der Waals surface area contributed by atoms with E-state index in [-0.39, 0.29) is 0 Å². The lowest BCUT2D eigenvalue weighted by molar-refractivity contribution is 0.100. The van der Waals surface area contributed by atoms with Crippen molar-refractivity contribution in [3.8, 4) is 0 Å². The standard InChI is InChI=1S/C14H15ClN4O/c1-19(2)12-6-4-3-5-10(12)18-11-7-13(15)17-8-9(11)14(16)20/h3-8H,1-2H3,(H2,16,20)(H,17,18). The summed E-state index contributed by atoms with van der Waals surface area (Å²) in [4.78, 5) is 17.3. The Morgan fingerprint density at radius 1 is 1.30 bits per heavy atom. The van der Waals surface area contributed by atoms with E-state index in [0.717, 1.165) is 11.4 Å². The van der Waals surface area contributed by atoms with Crippen molar-refractivity contribution in [2.24, 2.45) is 5.73 Å². The minimum atomic E-state index is -0.556. The maximum atomic E-state index is 11.4. The van der Waals surface area contributed by atoms with Gasteiger partial charge in [-0.05, 0) is 18.2 Å². The van der Waals surface area contributed by atoms with Gasteiger partial charge in [-0.3, -0.25) is 4.79 Å².